The fraction of sp³-hybridized carbons (Fsp3) is 0.471. The third-order valence-electron chi connectivity index (χ3n) is 3.97. The molecular formula is C17H22N4O3. The summed E-state index contributed by atoms with van der Waals surface area (Å²) in [5.41, 5.74) is 2.64. The van der Waals surface area contributed by atoms with Gasteiger partial charge in [0, 0.05) is 38.2 Å². The van der Waals surface area contributed by atoms with Crippen LogP contribution < -0.4 is 5.32 Å². The lowest BCUT2D eigenvalue weighted by molar-refractivity contribution is -0.0223. The molecule has 3 rings (SSSR count). The standard InChI is InChI=1S/C17H22N4O3/c1-21-11-14(10-20-21)16-13(5-4-7-18-16)9-19-17(22)24-12-15-6-2-3-8-23-15/h4-5,7,10-11,15H,2-3,6,8-9,12H2,1H3,(H,19,22)/t15-/m1/s1. The summed E-state index contributed by atoms with van der Waals surface area (Å²) >= 11 is 0. The molecule has 0 aliphatic carbocycles. The van der Waals surface area contributed by atoms with Crippen LogP contribution in [0.2, 0.25) is 0 Å². The second kappa shape index (κ2) is 7.92. The molecule has 1 atom stereocenters. The molecule has 1 amide bonds. The van der Waals surface area contributed by atoms with Crippen molar-refractivity contribution in [3.8, 4) is 11.3 Å². The van der Waals surface area contributed by atoms with Gasteiger partial charge in [-0.15, -0.1) is 0 Å². The number of aryl methyl sites for hydroxylation is 1. The van der Waals surface area contributed by atoms with Crippen molar-refractivity contribution in [1.82, 2.24) is 20.1 Å². The largest absolute Gasteiger partial charge is 0.447 e. The number of alkyl carbamates (subject to hydrolysis) is 1. The first-order valence-corrected chi connectivity index (χ1v) is 8.17. The SMILES string of the molecule is Cn1cc(-c2ncccc2CNC(=O)OC[C@H]2CCCCO2)cn1. The lowest BCUT2D eigenvalue weighted by Crippen LogP contribution is -2.30. The highest BCUT2D eigenvalue weighted by atomic mass is 16.6. The van der Waals surface area contributed by atoms with E-state index in [4.69, 9.17) is 9.47 Å². The normalized spacial score (nSPS) is 17.5. The molecule has 3 heterocycles. The molecule has 0 saturated carbocycles. The number of rotatable bonds is 5. The average molecular weight is 330 g/mol. The van der Waals surface area contributed by atoms with Gasteiger partial charge in [0.2, 0.25) is 0 Å². The van der Waals surface area contributed by atoms with Gasteiger partial charge in [-0.05, 0) is 30.9 Å². The second-order valence-electron chi connectivity index (χ2n) is 5.85. The number of hydrogen-bond acceptors (Lipinski definition) is 5. The Morgan fingerprint density at radius 3 is 3.17 bits per heavy atom. The number of nitrogens with one attached hydrogen (secondary N) is 1. The minimum absolute atomic E-state index is 0.0221. The lowest BCUT2D eigenvalue weighted by atomic mass is 10.1. The van der Waals surface area contributed by atoms with Crippen molar-refractivity contribution in [1.29, 1.82) is 0 Å². The number of pyridine rings is 1. The summed E-state index contributed by atoms with van der Waals surface area (Å²) in [6, 6.07) is 3.78. The van der Waals surface area contributed by atoms with Crippen molar-refractivity contribution in [2.75, 3.05) is 13.2 Å². The van der Waals surface area contributed by atoms with Gasteiger partial charge >= 0.3 is 6.09 Å². The second-order valence-corrected chi connectivity index (χ2v) is 5.85. The van der Waals surface area contributed by atoms with E-state index in [0.717, 1.165) is 42.7 Å². The van der Waals surface area contributed by atoms with Crippen LogP contribution in [0, 0.1) is 0 Å². The molecule has 1 saturated heterocycles. The van der Waals surface area contributed by atoms with Gasteiger partial charge in [-0.25, -0.2) is 4.79 Å². The van der Waals surface area contributed by atoms with Crippen LogP contribution in [0.5, 0.6) is 0 Å². The molecule has 24 heavy (non-hydrogen) atoms. The Labute approximate surface area is 141 Å². The van der Waals surface area contributed by atoms with Crippen molar-refractivity contribution in [3.05, 3.63) is 36.3 Å². The molecule has 2 aromatic rings. The van der Waals surface area contributed by atoms with Crippen LogP contribution in [0.1, 0.15) is 24.8 Å². The van der Waals surface area contributed by atoms with E-state index in [2.05, 4.69) is 15.4 Å². The van der Waals surface area contributed by atoms with Gasteiger partial charge in [0.05, 0.1) is 18.0 Å². The number of hydrogen-bond donors (Lipinski definition) is 1. The fourth-order valence-corrected chi connectivity index (χ4v) is 2.71. The number of ether oxygens (including phenoxy) is 2. The third-order valence-corrected chi connectivity index (χ3v) is 3.97. The van der Waals surface area contributed by atoms with E-state index in [9.17, 15) is 4.79 Å². The predicted molar refractivity (Wildman–Crippen MR) is 88.2 cm³/mol. The zero-order valence-corrected chi connectivity index (χ0v) is 13.8. The van der Waals surface area contributed by atoms with E-state index >= 15 is 0 Å². The van der Waals surface area contributed by atoms with E-state index < -0.39 is 6.09 Å². The Balaban J connectivity index is 1.53. The molecule has 7 heteroatoms. The number of carbonyl (C=O) groups is 1. The Hall–Kier alpha value is -2.41. The summed E-state index contributed by atoms with van der Waals surface area (Å²) in [5.74, 6) is 0. The Bertz CT molecular complexity index is 680. The Kier molecular flexibility index (Phi) is 5.43. The van der Waals surface area contributed by atoms with Crippen LogP contribution in [0.15, 0.2) is 30.7 Å². The summed E-state index contributed by atoms with van der Waals surface area (Å²) in [6.45, 7) is 1.40. The minimum atomic E-state index is -0.440. The molecule has 0 aromatic carbocycles. The molecule has 1 fully saturated rings. The van der Waals surface area contributed by atoms with Gasteiger partial charge in [-0.2, -0.15) is 5.10 Å². The first-order chi connectivity index (χ1) is 11.7. The van der Waals surface area contributed by atoms with E-state index in [1.807, 2.05) is 25.4 Å². The maximum Gasteiger partial charge on any atom is 0.407 e. The summed E-state index contributed by atoms with van der Waals surface area (Å²) in [4.78, 5) is 16.3. The monoisotopic (exact) mass is 330 g/mol. The fourth-order valence-electron chi connectivity index (χ4n) is 2.71. The molecule has 0 bridgehead atoms. The topological polar surface area (TPSA) is 78.3 Å². The number of amides is 1. The number of carbonyl (C=O) groups excluding carboxylic acids is 1. The molecule has 1 aliphatic heterocycles. The van der Waals surface area contributed by atoms with Crippen molar-refractivity contribution in [2.24, 2.45) is 7.05 Å². The van der Waals surface area contributed by atoms with Crippen LogP contribution in [0.4, 0.5) is 4.79 Å². The molecule has 1 aliphatic rings. The first kappa shape index (κ1) is 16.4. The smallest absolute Gasteiger partial charge is 0.407 e. The van der Waals surface area contributed by atoms with Gasteiger partial charge in [-0.3, -0.25) is 9.67 Å². The maximum absolute atomic E-state index is 11.9. The minimum Gasteiger partial charge on any atom is -0.447 e. The van der Waals surface area contributed by atoms with E-state index in [1.165, 1.54) is 0 Å². The molecule has 2 aromatic heterocycles. The van der Waals surface area contributed by atoms with E-state index in [0.29, 0.717) is 13.2 Å². The van der Waals surface area contributed by atoms with Crippen LogP contribution in [-0.2, 0) is 23.1 Å². The van der Waals surface area contributed by atoms with Crippen molar-refractivity contribution in [2.45, 2.75) is 31.9 Å². The molecule has 0 radical (unpaired) electrons. The zero-order valence-electron chi connectivity index (χ0n) is 13.8. The highest BCUT2D eigenvalue weighted by molar-refractivity contribution is 5.68. The third kappa shape index (κ3) is 4.32. The van der Waals surface area contributed by atoms with Gasteiger partial charge in [0.15, 0.2) is 0 Å². The molecule has 7 nitrogen and oxygen atoms in total. The molecule has 1 N–H and O–H groups in total. The number of nitrogens with zero attached hydrogens (tertiary/aromatic N) is 3. The predicted octanol–water partition coefficient (Wildman–Crippen LogP) is 2.28. The van der Waals surface area contributed by atoms with Crippen LogP contribution in [0.3, 0.4) is 0 Å². The van der Waals surface area contributed by atoms with Crippen LogP contribution in [0.25, 0.3) is 11.3 Å². The van der Waals surface area contributed by atoms with Gasteiger partial charge in [-0.1, -0.05) is 6.07 Å². The van der Waals surface area contributed by atoms with Crippen LogP contribution in [-0.4, -0.2) is 40.2 Å². The summed E-state index contributed by atoms with van der Waals surface area (Å²) < 4.78 is 12.5. The lowest BCUT2D eigenvalue weighted by Gasteiger charge is -2.22. The Morgan fingerprint density at radius 2 is 2.42 bits per heavy atom. The van der Waals surface area contributed by atoms with Crippen molar-refractivity contribution in [3.63, 3.8) is 0 Å². The molecular weight excluding hydrogens is 308 g/mol. The Morgan fingerprint density at radius 1 is 1.50 bits per heavy atom. The van der Waals surface area contributed by atoms with Crippen LogP contribution >= 0.6 is 0 Å². The maximum atomic E-state index is 11.9. The van der Waals surface area contributed by atoms with Crippen molar-refractivity contribution < 1.29 is 14.3 Å². The summed E-state index contributed by atoms with van der Waals surface area (Å²) in [6.07, 6.45) is 8.11. The highest BCUT2D eigenvalue weighted by Crippen LogP contribution is 2.20. The molecule has 0 spiro atoms. The van der Waals surface area contributed by atoms with Gasteiger partial charge < -0.3 is 14.8 Å². The average Bonchev–Trinajstić information content (AvgIpc) is 3.05. The summed E-state index contributed by atoms with van der Waals surface area (Å²) in [7, 11) is 1.86. The highest BCUT2D eigenvalue weighted by Gasteiger charge is 2.16. The first-order valence-electron chi connectivity index (χ1n) is 8.17. The zero-order chi connectivity index (χ0) is 16.8. The van der Waals surface area contributed by atoms with E-state index in [1.54, 1.807) is 17.1 Å². The van der Waals surface area contributed by atoms with Gasteiger partial charge in [0.25, 0.3) is 0 Å². The molecule has 128 valence electrons. The van der Waals surface area contributed by atoms with Gasteiger partial charge in [0.1, 0.15) is 6.61 Å². The number of aromatic nitrogens is 3. The van der Waals surface area contributed by atoms with E-state index in [-0.39, 0.29) is 6.10 Å². The quantitative estimate of drug-likeness (QED) is 0.910. The summed E-state index contributed by atoms with van der Waals surface area (Å²) in [5, 5.41) is 6.93. The molecule has 0 unspecified atom stereocenters. The van der Waals surface area contributed by atoms with Crippen molar-refractivity contribution >= 4 is 6.09 Å².